The van der Waals surface area contributed by atoms with Crippen LogP contribution in [0.1, 0.15) is 52.2 Å². The molecule has 0 unspecified atom stereocenters. The van der Waals surface area contributed by atoms with E-state index in [0.29, 0.717) is 12.6 Å². The van der Waals surface area contributed by atoms with E-state index in [4.69, 9.17) is 4.74 Å². The van der Waals surface area contributed by atoms with Crippen LogP contribution in [0.25, 0.3) is 0 Å². The molecule has 1 rings (SSSR count). The zero-order valence-electron chi connectivity index (χ0n) is 13.1. The first kappa shape index (κ1) is 16.2. The van der Waals surface area contributed by atoms with E-state index in [0.717, 1.165) is 19.4 Å². The van der Waals surface area contributed by atoms with Crippen molar-refractivity contribution < 1.29 is 4.74 Å². The Balaban J connectivity index is 2.57. The predicted molar refractivity (Wildman–Crippen MR) is 82.4 cm³/mol. The minimum absolute atomic E-state index is 0.0384. The van der Waals surface area contributed by atoms with E-state index >= 15 is 0 Å². The van der Waals surface area contributed by atoms with Gasteiger partial charge in [0.15, 0.2) is 0 Å². The predicted octanol–water partition coefficient (Wildman–Crippen LogP) is 3.93. The average molecular weight is 263 g/mol. The van der Waals surface area contributed by atoms with E-state index in [1.54, 1.807) is 0 Å². The summed E-state index contributed by atoms with van der Waals surface area (Å²) in [5.74, 6) is 0. The van der Waals surface area contributed by atoms with Crippen molar-refractivity contribution in [2.75, 3.05) is 6.54 Å². The Hall–Kier alpha value is -0.860. The minimum atomic E-state index is -0.0384. The highest BCUT2D eigenvalue weighted by Crippen LogP contribution is 2.18. The summed E-state index contributed by atoms with van der Waals surface area (Å²) < 4.78 is 6.01. The molecule has 1 aromatic carbocycles. The van der Waals surface area contributed by atoms with Crippen LogP contribution in [-0.2, 0) is 17.8 Å². The maximum absolute atomic E-state index is 6.01. The van der Waals surface area contributed by atoms with Gasteiger partial charge in [-0.25, -0.2) is 0 Å². The first-order valence-electron chi connectivity index (χ1n) is 7.38. The van der Waals surface area contributed by atoms with Gasteiger partial charge in [-0.05, 0) is 44.4 Å². The van der Waals surface area contributed by atoms with Crippen molar-refractivity contribution >= 4 is 0 Å². The van der Waals surface area contributed by atoms with Crippen LogP contribution in [-0.4, -0.2) is 18.2 Å². The molecule has 0 atom stereocenters. The highest BCUT2D eigenvalue weighted by molar-refractivity contribution is 5.26. The fourth-order valence-corrected chi connectivity index (χ4v) is 1.81. The average Bonchev–Trinajstić information content (AvgIpc) is 2.37. The molecule has 0 radical (unpaired) electrons. The second-order valence-electron chi connectivity index (χ2n) is 6.03. The van der Waals surface area contributed by atoms with Crippen LogP contribution < -0.4 is 5.32 Å². The number of hydrogen-bond acceptors (Lipinski definition) is 2. The molecule has 0 aliphatic carbocycles. The van der Waals surface area contributed by atoms with Crippen molar-refractivity contribution in [3.63, 3.8) is 0 Å². The molecular weight excluding hydrogens is 234 g/mol. The van der Waals surface area contributed by atoms with Crippen LogP contribution >= 0.6 is 0 Å². The molecule has 0 aliphatic rings. The molecule has 0 bridgehead atoms. The molecule has 1 aromatic rings. The van der Waals surface area contributed by atoms with Crippen LogP contribution in [0, 0.1) is 0 Å². The van der Waals surface area contributed by atoms with Gasteiger partial charge in [-0.2, -0.15) is 0 Å². The normalized spacial score (nSPS) is 12.1. The summed E-state index contributed by atoms with van der Waals surface area (Å²) in [6, 6.07) is 9.13. The molecule has 2 nitrogen and oxygen atoms in total. The standard InChI is InChI=1S/C17H29NO/c1-6-17(4,5)19-13-16-10-8-7-9-15(16)11-12-18-14(2)3/h7-10,14,18H,6,11-13H2,1-5H3. The lowest BCUT2D eigenvalue weighted by Gasteiger charge is -2.24. The van der Waals surface area contributed by atoms with Crippen molar-refractivity contribution in [3.8, 4) is 0 Å². The van der Waals surface area contributed by atoms with Crippen molar-refractivity contribution in [2.24, 2.45) is 0 Å². The second kappa shape index (κ2) is 7.66. The smallest absolute Gasteiger partial charge is 0.0726 e. The highest BCUT2D eigenvalue weighted by Gasteiger charge is 2.15. The monoisotopic (exact) mass is 263 g/mol. The van der Waals surface area contributed by atoms with Crippen molar-refractivity contribution in [1.82, 2.24) is 5.32 Å². The van der Waals surface area contributed by atoms with Gasteiger partial charge in [0.05, 0.1) is 12.2 Å². The van der Waals surface area contributed by atoms with Crippen LogP contribution in [0.4, 0.5) is 0 Å². The van der Waals surface area contributed by atoms with Crippen LogP contribution in [0.3, 0.4) is 0 Å². The number of ether oxygens (including phenoxy) is 1. The molecule has 0 spiro atoms. The fraction of sp³-hybridized carbons (Fsp3) is 0.647. The van der Waals surface area contributed by atoms with Crippen molar-refractivity contribution in [1.29, 1.82) is 0 Å². The second-order valence-corrected chi connectivity index (χ2v) is 6.03. The molecule has 0 saturated carbocycles. The van der Waals surface area contributed by atoms with Crippen LogP contribution in [0.2, 0.25) is 0 Å². The van der Waals surface area contributed by atoms with Crippen LogP contribution in [0.5, 0.6) is 0 Å². The summed E-state index contributed by atoms with van der Waals surface area (Å²) >= 11 is 0. The Kier molecular flexibility index (Phi) is 6.53. The first-order chi connectivity index (χ1) is 8.94. The van der Waals surface area contributed by atoms with E-state index < -0.39 is 0 Å². The third-order valence-corrected chi connectivity index (χ3v) is 3.54. The molecule has 2 heteroatoms. The van der Waals surface area contributed by atoms with E-state index in [-0.39, 0.29) is 5.60 Å². The van der Waals surface area contributed by atoms with Crippen molar-refractivity contribution in [2.45, 2.75) is 65.7 Å². The summed E-state index contributed by atoms with van der Waals surface area (Å²) in [7, 11) is 0. The lowest BCUT2D eigenvalue weighted by molar-refractivity contribution is -0.0318. The minimum Gasteiger partial charge on any atom is -0.371 e. The Labute approximate surface area is 118 Å². The summed E-state index contributed by atoms with van der Waals surface area (Å²) in [6.45, 7) is 12.5. The van der Waals surface area contributed by atoms with Gasteiger partial charge in [0.1, 0.15) is 0 Å². The molecule has 108 valence electrons. The zero-order chi connectivity index (χ0) is 14.3. The molecule has 0 heterocycles. The van der Waals surface area contributed by atoms with Gasteiger partial charge in [-0.15, -0.1) is 0 Å². The van der Waals surface area contributed by atoms with Gasteiger partial charge in [-0.1, -0.05) is 45.0 Å². The number of rotatable bonds is 8. The van der Waals surface area contributed by atoms with Crippen molar-refractivity contribution in [3.05, 3.63) is 35.4 Å². The van der Waals surface area contributed by atoms with E-state index in [9.17, 15) is 0 Å². The van der Waals surface area contributed by atoms with Gasteiger partial charge in [0, 0.05) is 6.04 Å². The third kappa shape index (κ3) is 6.22. The summed E-state index contributed by atoms with van der Waals surface area (Å²) in [6.07, 6.45) is 2.09. The molecule has 0 saturated heterocycles. The lowest BCUT2D eigenvalue weighted by atomic mass is 10.0. The molecule has 19 heavy (non-hydrogen) atoms. The molecule has 0 fully saturated rings. The van der Waals surface area contributed by atoms with Gasteiger partial charge in [0.25, 0.3) is 0 Å². The first-order valence-corrected chi connectivity index (χ1v) is 7.38. The van der Waals surface area contributed by atoms with Gasteiger partial charge in [-0.3, -0.25) is 0 Å². The summed E-state index contributed by atoms with van der Waals surface area (Å²) in [5.41, 5.74) is 2.67. The molecule has 0 aromatic heterocycles. The van der Waals surface area contributed by atoms with Crippen LogP contribution in [0.15, 0.2) is 24.3 Å². The zero-order valence-corrected chi connectivity index (χ0v) is 13.1. The van der Waals surface area contributed by atoms with E-state index in [2.05, 4.69) is 64.2 Å². The van der Waals surface area contributed by atoms with Gasteiger partial charge in [0.2, 0.25) is 0 Å². The Morgan fingerprint density at radius 2 is 1.79 bits per heavy atom. The lowest BCUT2D eigenvalue weighted by Crippen LogP contribution is -2.26. The molecule has 0 aliphatic heterocycles. The Morgan fingerprint density at radius 1 is 1.16 bits per heavy atom. The maximum atomic E-state index is 6.01. The summed E-state index contributed by atoms with van der Waals surface area (Å²) in [4.78, 5) is 0. The Bertz CT molecular complexity index is 371. The quantitative estimate of drug-likeness (QED) is 0.767. The molecule has 0 amide bonds. The molecule has 1 N–H and O–H groups in total. The van der Waals surface area contributed by atoms with Gasteiger partial charge >= 0.3 is 0 Å². The maximum Gasteiger partial charge on any atom is 0.0726 e. The number of benzene rings is 1. The highest BCUT2D eigenvalue weighted by atomic mass is 16.5. The van der Waals surface area contributed by atoms with E-state index in [1.807, 2.05) is 0 Å². The van der Waals surface area contributed by atoms with Gasteiger partial charge < -0.3 is 10.1 Å². The molecular formula is C17H29NO. The Morgan fingerprint density at radius 3 is 2.37 bits per heavy atom. The fourth-order valence-electron chi connectivity index (χ4n) is 1.81. The number of hydrogen-bond donors (Lipinski definition) is 1. The third-order valence-electron chi connectivity index (χ3n) is 3.54. The SMILES string of the molecule is CCC(C)(C)OCc1ccccc1CCNC(C)C. The summed E-state index contributed by atoms with van der Waals surface area (Å²) in [5, 5.41) is 3.46. The number of nitrogens with one attached hydrogen (secondary N) is 1. The topological polar surface area (TPSA) is 21.3 Å². The largest absolute Gasteiger partial charge is 0.371 e. The van der Waals surface area contributed by atoms with E-state index in [1.165, 1.54) is 11.1 Å².